The molecule has 1 amide bonds. The van der Waals surface area contributed by atoms with Crippen molar-refractivity contribution in [1.29, 1.82) is 0 Å². The van der Waals surface area contributed by atoms with E-state index >= 15 is 0 Å². The molecule has 1 heterocycles. The summed E-state index contributed by atoms with van der Waals surface area (Å²) in [6.45, 7) is 6.15. The predicted molar refractivity (Wildman–Crippen MR) is 131 cm³/mol. The lowest BCUT2D eigenvalue weighted by molar-refractivity contribution is -0.119. The SMILES string of the molecule is CCOC(=O)c1sc(C(C)NC(=NC)NCc2cccc(OCC(N)=O)c2)nc1C.I. The van der Waals surface area contributed by atoms with E-state index in [-0.39, 0.29) is 42.6 Å². The zero-order valence-corrected chi connectivity index (χ0v) is 21.1. The van der Waals surface area contributed by atoms with Gasteiger partial charge in [-0.15, -0.1) is 35.3 Å². The van der Waals surface area contributed by atoms with Crippen LogP contribution in [-0.2, 0) is 16.1 Å². The van der Waals surface area contributed by atoms with E-state index in [0.717, 1.165) is 10.6 Å². The lowest BCUT2D eigenvalue weighted by atomic mass is 10.2. The number of hydrogen-bond acceptors (Lipinski definition) is 7. The second-order valence-corrected chi connectivity index (χ2v) is 7.41. The van der Waals surface area contributed by atoms with Crippen LogP contribution < -0.4 is 21.1 Å². The molecule has 0 spiro atoms. The van der Waals surface area contributed by atoms with Gasteiger partial charge in [-0.05, 0) is 38.5 Å². The number of aliphatic imine (C=N–C) groups is 1. The molecule has 170 valence electrons. The van der Waals surface area contributed by atoms with Crippen molar-refractivity contribution in [2.75, 3.05) is 20.3 Å². The summed E-state index contributed by atoms with van der Waals surface area (Å²) < 4.78 is 10.4. The fourth-order valence-electron chi connectivity index (χ4n) is 2.54. The molecular formula is C20H28IN5O4S. The number of aromatic nitrogens is 1. The van der Waals surface area contributed by atoms with Gasteiger partial charge in [-0.1, -0.05) is 12.1 Å². The van der Waals surface area contributed by atoms with Crippen LogP contribution in [0.15, 0.2) is 29.3 Å². The van der Waals surface area contributed by atoms with Gasteiger partial charge in [0, 0.05) is 13.6 Å². The normalized spacial score (nSPS) is 11.8. The van der Waals surface area contributed by atoms with E-state index in [2.05, 4.69) is 20.6 Å². The van der Waals surface area contributed by atoms with Gasteiger partial charge in [0.05, 0.1) is 18.3 Å². The van der Waals surface area contributed by atoms with E-state index in [9.17, 15) is 9.59 Å². The Balaban J connectivity index is 0.00000480. The van der Waals surface area contributed by atoms with Gasteiger partial charge in [0.25, 0.3) is 5.91 Å². The van der Waals surface area contributed by atoms with Crippen molar-refractivity contribution in [2.45, 2.75) is 33.4 Å². The van der Waals surface area contributed by atoms with Crippen LogP contribution in [0.1, 0.15) is 45.8 Å². The maximum absolute atomic E-state index is 12.0. The molecule has 1 atom stereocenters. The maximum atomic E-state index is 12.0. The van der Waals surface area contributed by atoms with E-state index in [1.165, 1.54) is 11.3 Å². The van der Waals surface area contributed by atoms with E-state index in [4.69, 9.17) is 15.2 Å². The van der Waals surface area contributed by atoms with Crippen LogP contribution in [0.4, 0.5) is 0 Å². The molecule has 0 fully saturated rings. The first-order valence-electron chi connectivity index (χ1n) is 9.45. The minimum absolute atomic E-state index is 0. The summed E-state index contributed by atoms with van der Waals surface area (Å²) in [6, 6.07) is 7.18. The highest BCUT2D eigenvalue weighted by Gasteiger charge is 2.20. The number of halogens is 1. The van der Waals surface area contributed by atoms with Crippen molar-refractivity contribution in [3.8, 4) is 5.75 Å². The topological polar surface area (TPSA) is 128 Å². The number of aryl methyl sites for hydroxylation is 1. The number of carbonyl (C=O) groups excluding carboxylic acids is 2. The molecule has 4 N–H and O–H groups in total. The highest BCUT2D eigenvalue weighted by atomic mass is 127. The molecule has 1 unspecified atom stereocenters. The van der Waals surface area contributed by atoms with Gasteiger partial charge < -0.3 is 25.8 Å². The number of primary amides is 1. The molecule has 0 radical (unpaired) electrons. The molecule has 2 aromatic rings. The summed E-state index contributed by atoms with van der Waals surface area (Å²) in [4.78, 5) is 32.1. The number of thiazole rings is 1. The molecule has 9 nitrogen and oxygen atoms in total. The Morgan fingerprint density at radius 2 is 2.10 bits per heavy atom. The van der Waals surface area contributed by atoms with Crippen molar-refractivity contribution in [1.82, 2.24) is 15.6 Å². The minimum atomic E-state index is -0.527. The number of benzene rings is 1. The predicted octanol–water partition coefficient (Wildman–Crippen LogP) is 2.54. The van der Waals surface area contributed by atoms with Crippen LogP contribution in [0.5, 0.6) is 5.75 Å². The first-order chi connectivity index (χ1) is 14.3. The Morgan fingerprint density at radius 1 is 1.35 bits per heavy atom. The van der Waals surface area contributed by atoms with Crippen LogP contribution in [0.3, 0.4) is 0 Å². The zero-order valence-electron chi connectivity index (χ0n) is 17.9. The number of nitrogens with two attached hydrogens (primary N) is 1. The number of hydrogen-bond donors (Lipinski definition) is 3. The zero-order chi connectivity index (χ0) is 22.1. The van der Waals surface area contributed by atoms with E-state index < -0.39 is 5.91 Å². The summed E-state index contributed by atoms with van der Waals surface area (Å²) in [6.07, 6.45) is 0. The van der Waals surface area contributed by atoms with Gasteiger partial charge in [-0.2, -0.15) is 0 Å². The number of carbonyl (C=O) groups is 2. The number of esters is 1. The minimum Gasteiger partial charge on any atom is -0.484 e. The van der Waals surface area contributed by atoms with Crippen LogP contribution in [-0.4, -0.2) is 43.1 Å². The first-order valence-corrected chi connectivity index (χ1v) is 10.3. The van der Waals surface area contributed by atoms with Crippen LogP contribution in [0, 0.1) is 6.92 Å². The summed E-state index contributed by atoms with van der Waals surface area (Å²) >= 11 is 1.31. The van der Waals surface area contributed by atoms with Gasteiger partial charge in [0.15, 0.2) is 12.6 Å². The number of rotatable bonds is 9. The Labute approximate surface area is 202 Å². The summed E-state index contributed by atoms with van der Waals surface area (Å²) in [5, 5.41) is 7.25. The van der Waals surface area contributed by atoms with Gasteiger partial charge in [0.2, 0.25) is 0 Å². The molecular weight excluding hydrogens is 533 g/mol. The van der Waals surface area contributed by atoms with Gasteiger partial charge in [-0.25, -0.2) is 9.78 Å². The summed E-state index contributed by atoms with van der Waals surface area (Å²) in [7, 11) is 1.67. The van der Waals surface area contributed by atoms with Crippen molar-refractivity contribution < 1.29 is 19.1 Å². The molecule has 0 saturated carbocycles. The smallest absolute Gasteiger partial charge is 0.350 e. The van der Waals surface area contributed by atoms with Crippen LogP contribution in [0.2, 0.25) is 0 Å². The highest BCUT2D eigenvalue weighted by Crippen LogP contribution is 2.24. The average Bonchev–Trinajstić information content (AvgIpc) is 3.12. The highest BCUT2D eigenvalue weighted by molar-refractivity contribution is 14.0. The Bertz CT molecular complexity index is 919. The van der Waals surface area contributed by atoms with Gasteiger partial charge in [0.1, 0.15) is 15.6 Å². The Morgan fingerprint density at radius 3 is 2.74 bits per heavy atom. The Hall–Kier alpha value is -2.41. The standard InChI is InChI=1S/C20H27N5O4S.HI/c1-5-28-19(27)17-12(2)24-18(30-17)13(3)25-20(22-4)23-10-14-7-6-8-15(9-14)29-11-16(21)26;/h6-9,13H,5,10-11H2,1-4H3,(H2,21,26)(H2,22,23,25);1H. The van der Waals surface area contributed by atoms with E-state index in [1.54, 1.807) is 27.0 Å². The fourth-order valence-corrected chi connectivity index (χ4v) is 3.50. The first kappa shape index (κ1) is 26.6. The average molecular weight is 561 g/mol. The van der Waals surface area contributed by atoms with Crippen molar-refractivity contribution in [3.63, 3.8) is 0 Å². The molecule has 0 bridgehead atoms. The monoisotopic (exact) mass is 561 g/mol. The number of amides is 1. The van der Waals surface area contributed by atoms with Crippen molar-refractivity contribution >= 4 is 53.1 Å². The van der Waals surface area contributed by atoms with Gasteiger partial charge in [-0.3, -0.25) is 9.79 Å². The quantitative estimate of drug-likeness (QED) is 0.186. The van der Waals surface area contributed by atoms with Crippen LogP contribution >= 0.6 is 35.3 Å². The molecule has 1 aromatic heterocycles. The maximum Gasteiger partial charge on any atom is 0.350 e. The lowest BCUT2D eigenvalue weighted by Gasteiger charge is -2.16. The molecule has 0 saturated heterocycles. The lowest BCUT2D eigenvalue weighted by Crippen LogP contribution is -2.38. The van der Waals surface area contributed by atoms with Crippen molar-refractivity contribution in [2.24, 2.45) is 10.7 Å². The van der Waals surface area contributed by atoms with Gasteiger partial charge >= 0.3 is 5.97 Å². The largest absolute Gasteiger partial charge is 0.484 e. The molecule has 2 rings (SSSR count). The molecule has 1 aromatic carbocycles. The second-order valence-electron chi connectivity index (χ2n) is 6.38. The summed E-state index contributed by atoms with van der Waals surface area (Å²) in [5.74, 6) is 0.262. The molecule has 0 aliphatic heterocycles. The molecule has 0 aliphatic rings. The number of guanidine groups is 1. The number of ether oxygens (including phenoxy) is 2. The van der Waals surface area contributed by atoms with Crippen molar-refractivity contribution in [3.05, 3.63) is 45.4 Å². The second kappa shape index (κ2) is 13.1. The summed E-state index contributed by atoms with van der Waals surface area (Å²) in [5.41, 5.74) is 6.70. The number of nitrogens with zero attached hydrogens (tertiary/aromatic N) is 2. The third kappa shape index (κ3) is 8.32. The molecule has 0 aliphatic carbocycles. The fraction of sp³-hybridized carbons (Fsp3) is 0.400. The third-order valence-electron chi connectivity index (χ3n) is 3.96. The van der Waals surface area contributed by atoms with E-state index in [1.807, 2.05) is 25.1 Å². The number of nitrogens with one attached hydrogen (secondary N) is 2. The molecule has 11 heteroatoms. The van der Waals surface area contributed by atoms with E-state index in [0.29, 0.717) is 35.4 Å². The molecule has 31 heavy (non-hydrogen) atoms. The third-order valence-corrected chi connectivity index (χ3v) is 5.28. The van der Waals surface area contributed by atoms with Crippen LogP contribution in [0.25, 0.3) is 0 Å². The Kier molecular flexibility index (Phi) is 11.3.